The predicted molar refractivity (Wildman–Crippen MR) is 123 cm³/mol. The highest BCUT2D eigenvalue weighted by molar-refractivity contribution is 6.21. The Bertz CT molecular complexity index is 1040. The number of urea groups is 1. The van der Waals surface area contributed by atoms with Crippen molar-refractivity contribution < 1.29 is 23.9 Å². The molecule has 0 aromatic heterocycles. The van der Waals surface area contributed by atoms with Gasteiger partial charge in [0.05, 0.1) is 25.8 Å². The molecule has 0 saturated heterocycles. The molecule has 4 rings (SSSR count). The number of rotatable bonds is 8. The van der Waals surface area contributed by atoms with Gasteiger partial charge in [-0.1, -0.05) is 24.6 Å². The second kappa shape index (κ2) is 10.0. The van der Waals surface area contributed by atoms with Gasteiger partial charge in [-0.3, -0.25) is 14.5 Å². The molecule has 4 amide bonds. The first kappa shape index (κ1) is 22.8. The van der Waals surface area contributed by atoms with Crippen molar-refractivity contribution in [2.75, 3.05) is 27.3 Å². The van der Waals surface area contributed by atoms with Crippen LogP contribution in [0.5, 0.6) is 11.5 Å². The molecular weight excluding hydrogens is 422 g/mol. The summed E-state index contributed by atoms with van der Waals surface area (Å²) in [6.45, 7) is 1.58. The molecule has 1 aliphatic carbocycles. The van der Waals surface area contributed by atoms with Gasteiger partial charge in [-0.05, 0) is 48.6 Å². The predicted octanol–water partition coefficient (Wildman–Crippen LogP) is 3.29. The number of amides is 4. The zero-order valence-electron chi connectivity index (χ0n) is 19.1. The maximum absolute atomic E-state index is 12.7. The molecule has 0 N–H and O–H groups in total. The number of nitrogens with zero attached hydrogens (tertiary/aromatic N) is 3. The number of allylic oxidation sites excluding steroid dienone is 3. The maximum Gasteiger partial charge on any atom is 0.350 e. The van der Waals surface area contributed by atoms with Crippen molar-refractivity contribution in [3.05, 3.63) is 47.6 Å². The van der Waals surface area contributed by atoms with Gasteiger partial charge in [0.15, 0.2) is 11.5 Å². The average molecular weight is 452 g/mol. The van der Waals surface area contributed by atoms with Crippen LogP contribution in [-0.2, 0) is 22.6 Å². The SMILES string of the molecule is COc1cc2c(cc1OC)CN(C(=O)CCCCCN1C(=O)N=C3C=CC=CC3C1=O)CC2. The number of benzene rings is 1. The number of carbonyl (C=O) groups is 3. The second-order valence-corrected chi connectivity index (χ2v) is 8.38. The molecule has 0 radical (unpaired) electrons. The summed E-state index contributed by atoms with van der Waals surface area (Å²) in [5.41, 5.74) is 2.77. The maximum atomic E-state index is 12.7. The van der Waals surface area contributed by atoms with Crippen LogP contribution in [0, 0.1) is 5.92 Å². The first-order valence-electron chi connectivity index (χ1n) is 11.3. The van der Waals surface area contributed by atoms with E-state index in [1.807, 2.05) is 17.0 Å². The minimum absolute atomic E-state index is 0.119. The lowest BCUT2D eigenvalue weighted by Gasteiger charge is -2.30. The zero-order valence-corrected chi connectivity index (χ0v) is 19.1. The van der Waals surface area contributed by atoms with Crippen LogP contribution in [0.25, 0.3) is 0 Å². The molecule has 2 aliphatic heterocycles. The summed E-state index contributed by atoms with van der Waals surface area (Å²) < 4.78 is 10.8. The fourth-order valence-corrected chi connectivity index (χ4v) is 4.46. The molecule has 8 heteroatoms. The standard InChI is InChI=1S/C25H29N3O5/c1-32-21-14-17-11-13-27(16-18(17)15-22(21)33-2)23(29)10-4-3-7-12-28-24(30)19-8-5-6-9-20(19)26-25(28)31/h5-6,8-9,14-15,19H,3-4,7,10-13,16H2,1-2H3. The van der Waals surface area contributed by atoms with Crippen LogP contribution >= 0.6 is 0 Å². The summed E-state index contributed by atoms with van der Waals surface area (Å²) in [6, 6.07) is 3.44. The van der Waals surface area contributed by atoms with E-state index in [0.29, 0.717) is 56.1 Å². The number of ether oxygens (including phenoxy) is 2. The van der Waals surface area contributed by atoms with Crippen molar-refractivity contribution in [3.8, 4) is 11.5 Å². The Labute approximate surface area is 193 Å². The molecule has 1 aromatic rings. The lowest BCUT2D eigenvalue weighted by molar-refractivity contribution is -0.132. The Morgan fingerprint density at radius 2 is 1.82 bits per heavy atom. The van der Waals surface area contributed by atoms with E-state index in [0.717, 1.165) is 18.4 Å². The van der Waals surface area contributed by atoms with Crippen molar-refractivity contribution in [3.63, 3.8) is 0 Å². The van der Waals surface area contributed by atoms with E-state index in [-0.39, 0.29) is 11.8 Å². The first-order valence-corrected chi connectivity index (χ1v) is 11.3. The van der Waals surface area contributed by atoms with E-state index < -0.39 is 11.9 Å². The highest BCUT2D eigenvalue weighted by atomic mass is 16.5. The fourth-order valence-electron chi connectivity index (χ4n) is 4.46. The van der Waals surface area contributed by atoms with Crippen LogP contribution in [0.15, 0.2) is 41.4 Å². The summed E-state index contributed by atoms with van der Waals surface area (Å²) in [5, 5.41) is 0. The van der Waals surface area contributed by atoms with Crippen LogP contribution in [0.3, 0.4) is 0 Å². The van der Waals surface area contributed by atoms with Crippen molar-refractivity contribution in [1.29, 1.82) is 0 Å². The van der Waals surface area contributed by atoms with Gasteiger partial charge in [0, 0.05) is 26.1 Å². The molecule has 8 nitrogen and oxygen atoms in total. The fraction of sp³-hybridized carbons (Fsp3) is 0.440. The summed E-state index contributed by atoms with van der Waals surface area (Å²) in [5.74, 6) is 0.813. The molecule has 0 bridgehead atoms. The van der Waals surface area contributed by atoms with Gasteiger partial charge < -0.3 is 14.4 Å². The number of hydrogen-bond acceptors (Lipinski definition) is 5. The van der Waals surface area contributed by atoms with Crippen LogP contribution in [0.1, 0.15) is 36.8 Å². The van der Waals surface area contributed by atoms with E-state index >= 15 is 0 Å². The third-order valence-electron chi connectivity index (χ3n) is 6.33. The Kier molecular flexibility index (Phi) is 6.91. The van der Waals surface area contributed by atoms with Crippen LogP contribution in [0.4, 0.5) is 4.79 Å². The van der Waals surface area contributed by atoms with Gasteiger partial charge in [0.1, 0.15) is 0 Å². The van der Waals surface area contributed by atoms with Crippen LogP contribution in [-0.4, -0.2) is 60.7 Å². The molecule has 1 aromatic carbocycles. The molecule has 33 heavy (non-hydrogen) atoms. The van der Waals surface area contributed by atoms with Gasteiger partial charge in [-0.25, -0.2) is 4.79 Å². The quantitative estimate of drug-likeness (QED) is 0.566. The smallest absolute Gasteiger partial charge is 0.350 e. The minimum Gasteiger partial charge on any atom is -0.493 e. The lowest BCUT2D eigenvalue weighted by Crippen LogP contribution is -2.46. The van der Waals surface area contributed by atoms with E-state index in [1.54, 1.807) is 38.5 Å². The molecule has 0 saturated carbocycles. The third kappa shape index (κ3) is 4.84. The Balaban J connectivity index is 1.23. The number of unbranched alkanes of at least 4 members (excludes halogenated alkanes) is 2. The topological polar surface area (TPSA) is 88.5 Å². The van der Waals surface area contributed by atoms with Crippen molar-refractivity contribution in [2.45, 2.75) is 38.6 Å². The normalized spacial score (nSPS) is 19.2. The van der Waals surface area contributed by atoms with E-state index in [4.69, 9.17) is 9.47 Å². The molecule has 0 fully saturated rings. The molecule has 0 spiro atoms. The van der Waals surface area contributed by atoms with Crippen LogP contribution < -0.4 is 9.47 Å². The van der Waals surface area contributed by atoms with Gasteiger partial charge >= 0.3 is 6.03 Å². The van der Waals surface area contributed by atoms with Gasteiger partial charge in [-0.2, -0.15) is 4.99 Å². The second-order valence-electron chi connectivity index (χ2n) is 8.38. The molecule has 174 valence electrons. The van der Waals surface area contributed by atoms with Gasteiger partial charge in [0.2, 0.25) is 11.8 Å². The van der Waals surface area contributed by atoms with E-state index in [1.165, 1.54) is 10.5 Å². The van der Waals surface area contributed by atoms with Gasteiger partial charge in [0.25, 0.3) is 0 Å². The third-order valence-corrected chi connectivity index (χ3v) is 6.33. The molecular formula is C25H29N3O5. The molecule has 1 unspecified atom stereocenters. The van der Waals surface area contributed by atoms with Crippen molar-refractivity contribution in [2.24, 2.45) is 10.9 Å². The van der Waals surface area contributed by atoms with Crippen molar-refractivity contribution >= 4 is 23.6 Å². The summed E-state index contributed by atoms with van der Waals surface area (Å²) in [4.78, 5) is 44.7. The first-order chi connectivity index (χ1) is 16.0. The number of fused-ring (bicyclic) bond motifs is 2. The monoisotopic (exact) mass is 451 g/mol. The Morgan fingerprint density at radius 3 is 2.58 bits per heavy atom. The Hall–Kier alpha value is -3.42. The average Bonchev–Trinajstić information content (AvgIpc) is 2.84. The molecule has 1 atom stereocenters. The zero-order chi connectivity index (χ0) is 23.4. The Morgan fingerprint density at radius 1 is 1.06 bits per heavy atom. The van der Waals surface area contributed by atoms with E-state index in [9.17, 15) is 14.4 Å². The minimum atomic E-state index is -0.499. The number of methoxy groups -OCH3 is 2. The summed E-state index contributed by atoms with van der Waals surface area (Å²) in [7, 11) is 3.23. The lowest BCUT2D eigenvalue weighted by atomic mass is 9.95. The summed E-state index contributed by atoms with van der Waals surface area (Å²) >= 11 is 0. The highest BCUT2D eigenvalue weighted by Gasteiger charge is 2.35. The van der Waals surface area contributed by atoms with Crippen molar-refractivity contribution in [1.82, 2.24) is 9.80 Å². The largest absolute Gasteiger partial charge is 0.493 e. The molecule has 3 aliphatic rings. The highest BCUT2D eigenvalue weighted by Crippen LogP contribution is 2.33. The number of hydrogen-bond donors (Lipinski definition) is 0. The van der Waals surface area contributed by atoms with E-state index in [2.05, 4.69) is 4.99 Å². The summed E-state index contributed by atoms with van der Waals surface area (Å²) in [6.07, 6.45) is 10.4. The van der Waals surface area contributed by atoms with Crippen LogP contribution in [0.2, 0.25) is 0 Å². The number of aliphatic imine (C=N–C) groups is 1. The number of carbonyl (C=O) groups excluding carboxylic acids is 3. The number of imide groups is 1. The molecule has 2 heterocycles. The van der Waals surface area contributed by atoms with Gasteiger partial charge in [-0.15, -0.1) is 0 Å².